The summed E-state index contributed by atoms with van der Waals surface area (Å²) in [5.41, 5.74) is -3.07. The van der Waals surface area contributed by atoms with Gasteiger partial charge in [-0.25, -0.2) is 30.7 Å². The number of fused-ring (bicyclic) bond motifs is 1. The van der Waals surface area contributed by atoms with E-state index in [9.17, 15) is 39.2 Å². The largest absolute Gasteiger partial charge is 0.485 e. The highest BCUT2D eigenvalue weighted by Gasteiger charge is 2.51. The Bertz CT molecular complexity index is 1590. The minimum absolute atomic E-state index is 0.0328. The van der Waals surface area contributed by atoms with Crippen LogP contribution < -0.4 is 19.1 Å². The van der Waals surface area contributed by atoms with E-state index in [0.29, 0.717) is 26.7 Å². The van der Waals surface area contributed by atoms with Gasteiger partial charge in [0.25, 0.3) is 10.0 Å². The van der Waals surface area contributed by atoms with Crippen LogP contribution in [0, 0.1) is 11.7 Å². The second-order valence-corrected chi connectivity index (χ2v) is 14.6. The first-order valence-corrected chi connectivity index (χ1v) is 16.1. The van der Waals surface area contributed by atoms with Crippen molar-refractivity contribution in [3.63, 3.8) is 0 Å². The summed E-state index contributed by atoms with van der Waals surface area (Å²) >= 11 is 5.81. The van der Waals surface area contributed by atoms with E-state index in [4.69, 9.17) is 16.3 Å². The molecule has 2 aromatic carbocycles. The van der Waals surface area contributed by atoms with Crippen molar-refractivity contribution in [3.8, 4) is 5.75 Å². The lowest BCUT2D eigenvalue weighted by atomic mass is 10.1. The van der Waals surface area contributed by atoms with Crippen LogP contribution in [0.3, 0.4) is 0 Å². The summed E-state index contributed by atoms with van der Waals surface area (Å²) in [6.07, 6.45) is -6.10. The molecule has 1 fully saturated rings. The molecule has 3 unspecified atom stereocenters. The van der Waals surface area contributed by atoms with Crippen LogP contribution in [0.2, 0.25) is 5.02 Å². The number of sulfonamides is 2. The van der Waals surface area contributed by atoms with Gasteiger partial charge in [0, 0.05) is 12.2 Å². The molecule has 3 atom stereocenters. The van der Waals surface area contributed by atoms with E-state index in [1.165, 1.54) is 12.1 Å². The lowest BCUT2D eigenvalue weighted by Crippen LogP contribution is -2.48. The Morgan fingerprint density at radius 3 is 2.43 bits per heavy atom. The van der Waals surface area contributed by atoms with E-state index in [1.807, 2.05) is 6.92 Å². The van der Waals surface area contributed by atoms with Crippen molar-refractivity contribution in [2.24, 2.45) is 5.92 Å². The molecular formula is C25H28ClF4N3O7S2. The Balaban J connectivity index is 1.64. The molecule has 0 spiro atoms. The molecule has 1 saturated carbocycles. The van der Waals surface area contributed by atoms with Crippen molar-refractivity contribution in [1.82, 2.24) is 4.72 Å². The molecule has 232 valence electrons. The normalized spacial score (nSPS) is 20.9. The maximum atomic E-state index is 13.8. The van der Waals surface area contributed by atoms with Crippen LogP contribution >= 0.6 is 11.6 Å². The number of carbonyl (C=O) groups excluding carboxylic acids is 1. The fourth-order valence-corrected chi connectivity index (χ4v) is 7.87. The van der Waals surface area contributed by atoms with E-state index < -0.39 is 71.6 Å². The average Bonchev–Trinajstić information content (AvgIpc) is 3.69. The minimum atomic E-state index is -4.86. The van der Waals surface area contributed by atoms with E-state index in [2.05, 4.69) is 14.8 Å². The molecular weight excluding hydrogens is 630 g/mol. The molecule has 0 radical (unpaired) electrons. The summed E-state index contributed by atoms with van der Waals surface area (Å²) in [7, 11) is -8.16. The number of hydrogen-bond acceptors (Lipinski definition) is 7. The molecule has 0 aromatic heterocycles. The predicted octanol–water partition coefficient (Wildman–Crippen LogP) is 5.04. The number of rotatable bonds is 9. The number of nitrogens with one attached hydrogen (secondary N) is 2. The monoisotopic (exact) mass is 657 g/mol. The molecule has 1 amide bonds. The highest BCUT2D eigenvalue weighted by atomic mass is 35.5. The van der Waals surface area contributed by atoms with E-state index in [-0.39, 0.29) is 29.6 Å². The zero-order valence-electron chi connectivity index (χ0n) is 22.5. The van der Waals surface area contributed by atoms with Crippen LogP contribution in [0.15, 0.2) is 41.3 Å². The van der Waals surface area contributed by atoms with Gasteiger partial charge in [0.1, 0.15) is 17.7 Å². The van der Waals surface area contributed by atoms with Crippen LogP contribution in [-0.2, 0) is 24.8 Å². The number of anilines is 2. The Kier molecular flexibility index (Phi) is 8.68. The Morgan fingerprint density at radius 2 is 1.83 bits per heavy atom. The van der Waals surface area contributed by atoms with Gasteiger partial charge in [-0.3, -0.25) is 9.62 Å². The molecule has 4 rings (SSSR count). The van der Waals surface area contributed by atoms with E-state index in [0.717, 1.165) is 28.6 Å². The highest BCUT2D eigenvalue weighted by Crippen LogP contribution is 2.41. The van der Waals surface area contributed by atoms with Crippen LogP contribution in [0.4, 0.5) is 33.7 Å². The van der Waals surface area contributed by atoms with Crippen molar-refractivity contribution >= 4 is 49.1 Å². The minimum Gasteiger partial charge on any atom is -0.485 e. The van der Waals surface area contributed by atoms with Crippen LogP contribution in [-0.4, -0.2) is 59.1 Å². The molecule has 42 heavy (non-hydrogen) atoms. The van der Waals surface area contributed by atoms with Gasteiger partial charge in [0.15, 0.2) is 0 Å². The number of hydrogen-bond donors (Lipinski definition) is 2. The molecule has 2 aromatic rings. The van der Waals surface area contributed by atoms with Crippen LogP contribution in [0.25, 0.3) is 0 Å². The number of benzene rings is 2. The molecule has 0 bridgehead atoms. The first-order valence-electron chi connectivity index (χ1n) is 12.7. The van der Waals surface area contributed by atoms with Crippen molar-refractivity contribution in [1.29, 1.82) is 0 Å². The van der Waals surface area contributed by atoms with Gasteiger partial charge in [0.2, 0.25) is 15.6 Å². The molecule has 17 heteroatoms. The average molecular weight is 658 g/mol. The van der Waals surface area contributed by atoms with E-state index in [1.54, 1.807) is 0 Å². The van der Waals surface area contributed by atoms with Gasteiger partial charge < -0.3 is 9.47 Å². The zero-order valence-corrected chi connectivity index (χ0v) is 24.9. The van der Waals surface area contributed by atoms with Gasteiger partial charge in [-0.1, -0.05) is 24.9 Å². The number of carbonyl (C=O) groups is 1. The number of ether oxygens (including phenoxy) is 2. The summed E-state index contributed by atoms with van der Waals surface area (Å²) in [6.45, 7) is 2.52. The SMILES string of the molecule is CCC1CC1S(=O)(=O)NCC1CN(S(=O)(=O)c2ccc(F)c(Cl)c2)c2cc(NC(=O)OC(C)(C)C(F)(F)F)ccc2O1. The van der Waals surface area contributed by atoms with Gasteiger partial charge in [-0.15, -0.1) is 0 Å². The summed E-state index contributed by atoms with van der Waals surface area (Å²) in [5, 5.41) is 1.12. The molecule has 1 aliphatic carbocycles. The summed E-state index contributed by atoms with van der Waals surface area (Å²) in [6, 6.07) is 6.38. The first-order chi connectivity index (χ1) is 19.4. The highest BCUT2D eigenvalue weighted by molar-refractivity contribution is 7.92. The van der Waals surface area contributed by atoms with Gasteiger partial charge in [-0.05, 0) is 62.6 Å². The lowest BCUT2D eigenvalue weighted by Gasteiger charge is -2.36. The molecule has 1 heterocycles. The van der Waals surface area contributed by atoms with Gasteiger partial charge >= 0.3 is 12.3 Å². The standard InChI is InChI=1S/C25H28ClF4N3O7S2/c1-4-14-9-22(14)41(35,36)31-12-16-13-33(42(37,38)17-6-7-19(27)18(26)11-17)20-10-15(5-8-21(20)39-16)32-23(34)40-24(2,3)25(28,29)30/h5-8,10-11,14,16,22,31H,4,9,12-13H2,1-3H3,(H,32,34). The summed E-state index contributed by atoms with van der Waals surface area (Å²) in [4.78, 5) is 11.8. The Labute approximate surface area is 245 Å². The van der Waals surface area contributed by atoms with E-state index >= 15 is 0 Å². The van der Waals surface area contributed by atoms with Gasteiger partial charge in [0.05, 0.1) is 27.4 Å². The number of alkyl halides is 3. The quantitative estimate of drug-likeness (QED) is 0.361. The number of halogens is 5. The molecule has 10 nitrogen and oxygen atoms in total. The first kappa shape index (κ1) is 32.1. The third-order valence-electron chi connectivity index (χ3n) is 6.94. The molecule has 1 aliphatic heterocycles. The maximum absolute atomic E-state index is 13.8. The Hall–Kier alpha value is -2.82. The van der Waals surface area contributed by atoms with Crippen LogP contribution in [0.1, 0.15) is 33.6 Å². The lowest BCUT2D eigenvalue weighted by molar-refractivity contribution is -0.242. The third-order valence-corrected chi connectivity index (χ3v) is 10.9. The second kappa shape index (κ2) is 11.4. The summed E-state index contributed by atoms with van der Waals surface area (Å²) < 4.78 is 120. The topological polar surface area (TPSA) is 131 Å². The third kappa shape index (κ3) is 6.71. The van der Waals surface area contributed by atoms with Crippen molar-refractivity contribution in [2.45, 2.75) is 61.6 Å². The maximum Gasteiger partial charge on any atom is 0.427 e. The molecule has 0 saturated heterocycles. The predicted molar refractivity (Wildman–Crippen MR) is 146 cm³/mol. The number of amides is 1. The smallest absolute Gasteiger partial charge is 0.427 e. The fourth-order valence-electron chi connectivity index (χ4n) is 4.27. The molecule has 2 N–H and O–H groups in total. The molecule has 2 aliphatic rings. The Morgan fingerprint density at radius 1 is 1.14 bits per heavy atom. The van der Waals surface area contributed by atoms with Crippen molar-refractivity contribution < 1.29 is 48.7 Å². The van der Waals surface area contributed by atoms with Crippen LogP contribution in [0.5, 0.6) is 5.75 Å². The fraction of sp³-hybridized carbons (Fsp3) is 0.480. The van der Waals surface area contributed by atoms with Crippen molar-refractivity contribution in [2.75, 3.05) is 22.7 Å². The van der Waals surface area contributed by atoms with Crippen molar-refractivity contribution in [3.05, 3.63) is 47.2 Å². The van der Waals surface area contributed by atoms with Gasteiger partial charge in [-0.2, -0.15) is 13.2 Å². The summed E-state index contributed by atoms with van der Waals surface area (Å²) in [5.74, 6) is -0.855. The second-order valence-electron chi connectivity index (χ2n) is 10.4. The number of nitrogens with zero attached hydrogens (tertiary/aromatic N) is 1. The zero-order chi connectivity index (χ0) is 31.3.